The molecule has 0 spiro atoms. The molecule has 4 aromatic rings. The maximum atomic E-state index is 13.5. The van der Waals surface area contributed by atoms with Crippen molar-refractivity contribution in [3.8, 4) is 17.1 Å². The fourth-order valence-electron chi connectivity index (χ4n) is 3.35. The maximum Gasteiger partial charge on any atom is 1.00 e. The van der Waals surface area contributed by atoms with Crippen LogP contribution >= 0.6 is 0 Å². The van der Waals surface area contributed by atoms with Gasteiger partial charge in [0.2, 0.25) is 0 Å². The van der Waals surface area contributed by atoms with Gasteiger partial charge in [-0.25, -0.2) is 23.4 Å². The first-order valence-corrected chi connectivity index (χ1v) is 12.0. The molecule has 0 aliphatic heterocycles. The fourth-order valence-corrected chi connectivity index (χ4v) is 4.70. The van der Waals surface area contributed by atoms with Crippen LogP contribution in [0.3, 0.4) is 0 Å². The van der Waals surface area contributed by atoms with Gasteiger partial charge in [0.15, 0.2) is 10.9 Å². The summed E-state index contributed by atoms with van der Waals surface area (Å²) in [5.74, 6) is -0.474. The summed E-state index contributed by atoms with van der Waals surface area (Å²) in [5, 5.41) is 10.6. The van der Waals surface area contributed by atoms with E-state index < -0.39 is 22.6 Å². The smallest absolute Gasteiger partial charge is 0.546 e. The summed E-state index contributed by atoms with van der Waals surface area (Å²) in [5.41, 5.74) is 2.19. The van der Waals surface area contributed by atoms with Crippen molar-refractivity contribution in [1.82, 2.24) is 19.3 Å². The third-order valence-corrected chi connectivity index (χ3v) is 6.70. The van der Waals surface area contributed by atoms with Crippen LogP contribution in [0.2, 0.25) is 0 Å². The molecule has 0 bridgehead atoms. The van der Waals surface area contributed by atoms with Gasteiger partial charge in [0.05, 0.1) is 5.97 Å². The van der Waals surface area contributed by atoms with E-state index in [0.717, 1.165) is 11.1 Å². The quantitative estimate of drug-likeness (QED) is 0.250. The molecule has 0 atom stereocenters. The Morgan fingerprint density at radius 1 is 0.833 bits per heavy atom. The van der Waals surface area contributed by atoms with E-state index >= 15 is 0 Å². The van der Waals surface area contributed by atoms with Crippen molar-refractivity contribution < 1.29 is 52.6 Å². The zero-order chi connectivity index (χ0) is 24.7. The van der Waals surface area contributed by atoms with Gasteiger partial charge in [0.25, 0.3) is 10.0 Å². The van der Waals surface area contributed by atoms with Crippen LogP contribution in [0, 0.1) is 0 Å². The first-order chi connectivity index (χ1) is 16.9. The van der Waals surface area contributed by atoms with Gasteiger partial charge in [0.1, 0.15) is 12.4 Å². The molecule has 0 aliphatic rings. The summed E-state index contributed by atoms with van der Waals surface area (Å²) >= 11 is 0. The Morgan fingerprint density at radius 2 is 1.53 bits per heavy atom. The van der Waals surface area contributed by atoms with Crippen molar-refractivity contribution in [1.29, 1.82) is 0 Å². The Balaban J connectivity index is 0.00000361. The van der Waals surface area contributed by atoms with Crippen LogP contribution in [-0.2, 0) is 27.9 Å². The predicted octanol–water partition coefficient (Wildman–Crippen LogP) is -0.938. The van der Waals surface area contributed by atoms with E-state index in [4.69, 9.17) is 4.74 Å². The first kappa shape index (κ1) is 27.4. The van der Waals surface area contributed by atoms with Gasteiger partial charge >= 0.3 is 29.6 Å². The number of ether oxygens (including phenoxy) is 1. The number of hydrogen-bond acceptors (Lipinski definition) is 8. The SMILES string of the molecule is O=C([O-])COc1cccc(CN(Cc2ccc(-c3ncccn3)cc2)S(=O)(=O)c2ccccn2)c1.[Na+]. The van der Waals surface area contributed by atoms with Crippen molar-refractivity contribution in [3.05, 3.63) is 103 Å². The fraction of sp³-hybridized carbons (Fsp3) is 0.120. The molecular formula is C25H21N4NaO5S. The second-order valence-electron chi connectivity index (χ2n) is 7.52. The van der Waals surface area contributed by atoms with Gasteiger partial charge in [-0.3, -0.25) is 0 Å². The molecule has 0 amide bonds. The van der Waals surface area contributed by atoms with E-state index in [2.05, 4.69) is 15.0 Å². The van der Waals surface area contributed by atoms with E-state index in [-0.39, 0.29) is 47.7 Å². The summed E-state index contributed by atoms with van der Waals surface area (Å²) in [7, 11) is -3.95. The molecular weight excluding hydrogens is 491 g/mol. The van der Waals surface area contributed by atoms with E-state index in [9.17, 15) is 18.3 Å². The number of carboxylic acids is 1. The van der Waals surface area contributed by atoms with Crippen molar-refractivity contribution in [2.24, 2.45) is 0 Å². The summed E-state index contributed by atoms with van der Waals surface area (Å²) in [4.78, 5) is 23.2. The van der Waals surface area contributed by atoms with Gasteiger partial charge in [-0.2, -0.15) is 4.31 Å². The number of pyridine rings is 1. The number of aromatic nitrogens is 3. The molecule has 2 aromatic carbocycles. The van der Waals surface area contributed by atoms with Crippen molar-refractivity contribution in [2.75, 3.05) is 6.61 Å². The minimum absolute atomic E-state index is 0. The first-order valence-electron chi connectivity index (χ1n) is 10.6. The third kappa shape index (κ3) is 7.19. The van der Waals surface area contributed by atoms with Crippen LogP contribution in [0.5, 0.6) is 5.75 Å². The predicted molar refractivity (Wildman–Crippen MR) is 125 cm³/mol. The van der Waals surface area contributed by atoms with Crippen LogP contribution in [0.1, 0.15) is 11.1 Å². The number of carbonyl (C=O) groups is 1. The molecule has 178 valence electrons. The Hall–Kier alpha value is -3.15. The zero-order valence-electron chi connectivity index (χ0n) is 19.5. The molecule has 0 fully saturated rings. The average molecular weight is 513 g/mol. The number of rotatable bonds is 10. The number of nitrogens with zero attached hydrogens (tertiary/aromatic N) is 4. The molecule has 0 saturated carbocycles. The third-order valence-electron chi connectivity index (χ3n) is 4.99. The molecule has 0 radical (unpaired) electrons. The Kier molecular flexibility index (Phi) is 9.68. The van der Waals surface area contributed by atoms with Gasteiger partial charge in [-0.05, 0) is 41.5 Å². The van der Waals surface area contributed by atoms with Gasteiger partial charge in [0, 0.05) is 37.2 Å². The molecule has 9 nitrogen and oxygen atoms in total. The van der Waals surface area contributed by atoms with E-state index in [1.54, 1.807) is 54.9 Å². The van der Waals surface area contributed by atoms with Crippen molar-refractivity contribution >= 4 is 16.0 Å². The topological polar surface area (TPSA) is 125 Å². The van der Waals surface area contributed by atoms with Crippen LogP contribution in [0.4, 0.5) is 0 Å². The largest absolute Gasteiger partial charge is 1.00 e. The van der Waals surface area contributed by atoms with Crippen LogP contribution in [0.25, 0.3) is 11.4 Å². The monoisotopic (exact) mass is 512 g/mol. The molecule has 0 N–H and O–H groups in total. The summed E-state index contributed by atoms with van der Waals surface area (Å²) in [6.45, 7) is -0.499. The summed E-state index contributed by atoms with van der Waals surface area (Å²) in [6, 6.07) is 20.4. The number of carboxylic acid groups (broad SMARTS) is 1. The van der Waals surface area contributed by atoms with Crippen LogP contribution in [-0.4, -0.2) is 40.3 Å². The Labute approximate surface area is 231 Å². The Bertz CT molecular complexity index is 1390. The van der Waals surface area contributed by atoms with Gasteiger partial charge < -0.3 is 14.6 Å². The van der Waals surface area contributed by atoms with E-state index in [1.165, 1.54) is 16.6 Å². The molecule has 2 aromatic heterocycles. The van der Waals surface area contributed by atoms with Gasteiger partial charge in [-0.1, -0.05) is 42.5 Å². The molecule has 4 rings (SSSR count). The Morgan fingerprint density at radius 3 is 2.19 bits per heavy atom. The number of carbonyl (C=O) groups excluding carboxylic acids is 1. The van der Waals surface area contributed by atoms with Crippen molar-refractivity contribution in [3.63, 3.8) is 0 Å². The minimum atomic E-state index is -3.95. The van der Waals surface area contributed by atoms with Crippen LogP contribution < -0.4 is 39.4 Å². The standard InChI is InChI=1S/C25H22N4O5S.Na/c30-24(31)18-34-22-6-3-5-20(15-22)17-29(35(32,33)23-7-1-2-12-26-23)16-19-8-10-21(11-9-19)25-27-13-4-14-28-25;/h1-15H,16-18H2,(H,30,31);/q;+1/p-1. The van der Waals surface area contributed by atoms with Gasteiger partial charge in [-0.15, -0.1) is 0 Å². The second kappa shape index (κ2) is 12.7. The van der Waals surface area contributed by atoms with E-state index in [1.807, 2.05) is 24.3 Å². The summed E-state index contributed by atoms with van der Waals surface area (Å²) < 4.78 is 33.4. The second-order valence-corrected chi connectivity index (χ2v) is 9.40. The normalized spacial score (nSPS) is 11.0. The van der Waals surface area contributed by atoms with Crippen molar-refractivity contribution in [2.45, 2.75) is 18.1 Å². The minimum Gasteiger partial charge on any atom is -0.546 e. The number of hydrogen-bond donors (Lipinski definition) is 0. The molecule has 0 saturated heterocycles. The molecule has 11 heteroatoms. The maximum absolute atomic E-state index is 13.5. The zero-order valence-corrected chi connectivity index (χ0v) is 22.3. The molecule has 0 aliphatic carbocycles. The summed E-state index contributed by atoms with van der Waals surface area (Å²) in [6.07, 6.45) is 4.73. The number of aliphatic carboxylic acids is 1. The number of sulfonamides is 1. The molecule has 0 unspecified atom stereocenters. The van der Waals surface area contributed by atoms with Crippen LogP contribution in [0.15, 0.2) is 96.4 Å². The average Bonchev–Trinajstić information content (AvgIpc) is 2.89. The van der Waals surface area contributed by atoms with E-state index in [0.29, 0.717) is 17.1 Å². The molecule has 2 heterocycles. The number of benzene rings is 2. The molecule has 36 heavy (non-hydrogen) atoms.